The first kappa shape index (κ1) is 5.30. The van der Waals surface area contributed by atoms with Crippen LogP contribution in [0.5, 0.6) is 0 Å². The number of nitrogens with two attached hydrogens (primary N) is 1. The molecule has 6 heavy (non-hydrogen) atoms. The van der Waals surface area contributed by atoms with Crippen molar-refractivity contribution in [3.63, 3.8) is 0 Å². The molecule has 0 atom stereocenters. The molecule has 0 aliphatic rings. The number of hydrogen-bond donors (Lipinski definition) is 1. The lowest BCUT2D eigenvalue weighted by molar-refractivity contribution is -0.222. The fourth-order valence-electron chi connectivity index (χ4n) is 0.0876. The average molecular weight is 89.1 g/mol. The third-order valence-electron chi connectivity index (χ3n) is 0.230. The number of hydrogen-bond acceptors (Lipinski definition) is 3. The fourth-order valence-corrected chi connectivity index (χ4v) is 0.0876. The molecule has 0 aromatic heterocycles. The lowest BCUT2D eigenvalue weighted by atomic mass is 11.0. The molecular formula is C3H7NO2. The van der Waals surface area contributed by atoms with E-state index >= 15 is 0 Å². The van der Waals surface area contributed by atoms with Crippen LogP contribution in [0.15, 0.2) is 12.5 Å². The van der Waals surface area contributed by atoms with Crippen LogP contribution in [0.3, 0.4) is 0 Å². The van der Waals surface area contributed by atoms with Gasteiger partial charge in [0.15, 0.2) is 0 Å². The smallest absolute Gasteiger partial charge is 0.144 e. The Morgan fingerprint density at radius 3 is 2.50 bits per heavy atom. The molecule has 0 rings (SSSR count). The Morgan fingerprint density at radius 1 is 1.67 bits per heavy atom. The summed E-state index contributed by atoms with van der Waals surface area (Å²) >= 11 is 0. The highest BCUT2D eigenvalue weighted by molar-refractivity contribution is 4.60. The third-order valence-corrected chi connectivity index (χ3v) is 0.230. The van der Waals surface area contributed by atoms with E-state index in [0.29, 0.717) is 0 Å². The van der Waals surface area contributed by atoms with E-state index in [-0.39, 0.29) is 0 Å². The highest BCUT2D eigenvalue weighted by Crippen LogP contribution is 1.68. The van der Waals surface area contributed by atoms with Crippen LogP contribution < -0.4 is 5.73 Å². The van der Waals surface area contributed by atoms with Crippen LogP contribution in [-0.4, -0.2) is 7.11 Å². The Hall–Kier alpha value is -0.700. The van der Waals surface area contributed by atoms with Gasteiger partial charge in [0.05, 0.1) is 7.11 Å². The molecule has 0 aliphatic carbocycles. The molecule has 0 heterocycles. The maximum Gasteiger partial charge on any atom is 0.144 e. The highest BCUT2D eigenvalue weighted by Gasteiger charge is 1.59. The minimum absolute atomic E-state index is 1.24. The van der Waals surface area contributed by atoms with E-state index < -0.39 is 0 Å². The van der Waals surface area contributed by atoms with E-state index in [0.717, 1.165) is 0 Å². The SMILES string of the molecule is COO/C=C/N. The molecule has 0 aliphatic heterocycles. The normalized spacial score (nSPS) is 9.50. The minimum Gasteiger partial charge on any atom is -0.402 e. The Bertz CT molecular complexity index is 44.1. The lowest BCUT2D eigenvalue weighted by Crippen LogP contribution is -1.80. The zero-order chi connectivity index (χ0) is 4.83. The largest absolute Gasteiger partial charge is 0.402 e. The predicted octanol–water partition coefficient (Wildman–Crippen LogP) is -0.00570. The molecule has 0 spiro atoms. The quantitative estimate of drug-likeness (QED) is 0.294. The van der Waals surface area contributed by atoms with Crippen molar-refractivity contribution in [3.8, 4) is 0 Å². The van der Waals surface area contributed by atoms with Gasteiger partial charge in [-0.15, -0.1) is 0 Å². The molecule has 3 nitrogen and oxygen atoms in total. The Morgan fingerprint density at radius 2 is 2.33 bits per heavy atom. The molecule has 0 radical (unpaired) electrons. The second kappa shape index (κ2) is 4.30. The molecule has 0 aromatic carbocycles. The van der Waals surface area contributed by atoms with Gasteiger partial charge in [-0.1, -0.05) is 0 Å². The van der Waals surface area contributed by atoms with Crippen molar-refractivity contribution in [1.82, 2.24) is 0 Å². The van der Waals surface area contributed by atoms with Crippen LogP contribution in [0.1, 0.15) is 0 Å². The lowest BCUT2D eigenvalue weighted by Gasteiger charge is -1.85. The first-order valence-electron chi connectivity index (χ1n) is 1.48. The zero-order valence-corrected chi connectivity index (χ0v) is 3.55. The van der Waals surface area contributed by atoms with E-state index in [1.54, 1.807) is 0 Å². The first-order valence-corrected chi connectivity index (χ1v) is 1.48. The Balaban J connectivity index is 2.66. The van der Waals surface area contributed by atoms with E-state index in [1.807, 2.05) is 0 Å². The Labute approximate surface area is 36.3 Å². The molecule has 0 saturated heterocycles. The van der Waals surface area contributed by atoms with Gasteiger partial charge in [0.2, 0.25) is 0 Å². The van der Waals surface area contributed by atoms with Gasteiger partial charge in [0, 0.05) is 6.20 Å². The molecule has 3 heteroatoms. The second-order valence-electron chi connectivity index (χ2n) is 0.591. The number of rotatable bonds is 2. The van der Waals surface area contributed by atoms with E-state index in [9.17, 15) is 0 Å². The molecule has 36 valence electrons. The average Bonchev–Trinajstić information content (AvgIpc) is 1.61. The van der Waals surface area contributed by atoms with Gasteiger partial charge in [-0.2, -0.15) is 4.89 Å². The summed E-state index contributed by atoms with van der Waals surface area (Å²) < 4.78 is 0. The first-order chi connectivity index (χ1) is 2.91. The van der Waals surface area contributed by atoms with Crippen molar-refractivity contribution in [2.45, 2.75) is 0 Å². The summed E-state index contributed by atoms with van der Waals surface area (Å²) in [5.41, 5.74) is 4.83. The maximum absolute atomic E-state index is 4.83. The standard InChI is InChI=1S/C3H7NO2/c1-5-6-3-2-4/h2-3H,4H2,1H3/b3-2+. The van der Waals surface area contributed by atoms with Gasteiger partial charge in [-0.25, -0.2) is 0 Å². The summed E-state index contributed by atoms with van der Waals surface area (Å²) in [6, 6.07) is 0. The van der Waals surface area contributed by atoms with E-state index in [1.165, 1.54) is 19.6 Å². The van der Waals surface area contributed by atoms with Crippen molar-refractivity contribution in [2.75, 3.05) is 7.11 Å². The van der Waals surface area contributed by atoms with Crippen molar-refractivity contribution in [1.29, 1.82) is 0 Å². The maximum atomic E-state index is 4.83. The van der Waals surface area contributed by atoms with Gasteiger partial charge in [0.1, 0.15) is 6.26 Å². The van der Waals surface area contributed by atoms with E-state index in [2.05, 4.69) is 9.78 Å². The summed E-state index contributed by atoms with van der Waals surface area (Å²) in [5, 5.41) is 0. The van der Waals surface area contributed by atoms with Gasteiger partial charge in [-0.3, -0.25) is 0 Å². The van der Waals surface area contributed by atoms with Crippen LogP contribution in [0.2, 0.25) is 0 Å². The summed E-state index contributed by atoms with van der Waals surface area (Å²) in [4.78, 5) is 8.29. The molecule has 0 saturated carbocycles. The summed E-state index contributed by atoms with van der Waals surface area (Å²) in [6.07, 6.45) is 2.48. The van der Waals surface area contributed by atoms with Crippen molar-refractivity contribution in [3.05, 3.63) is 12.5 Å². The Kier molecular flexibility index (Phi) is 3.80. The monoisotopic (exact) mass is 89.0 g/mol. The summed E-state index contributed by atoms with van der Waals surface area (Å²) in [7, 11) is 1.40. The van der Waals surface area contributed by atoms with Crippen LogP contribution in [-0.2, 0) is 9.78 Å². The minimum atomic E-state index is 1.24. The molecule has 2 N–H and O–H groups in total. The van der Waals surface area contributed by atoms with Crippen LogP contribution in [0.25, 0.3) is 0 Å². The molecule has 0 amide bonds. The summed E-state index contributed by atoms with van der Waals surface area (Å²) in [5.74, 6) is 0. The zero-order valence-electron chi connectivity index (χ0n) is 3.55. The fraction of sp³-hybridized carbons (Fsp3) is 0.333. The molecule has 0 unspecified atom stereocenters. The van der Waals surface area contributed by atoms with Gasteiger partial charge >= 0.3 is 0 Å². The van der Waals surface area contributed by atoms with E-state index in [4.69, 9.17) is 5.73 Å². The molecule has 0 bridgehead atoms. The van der Waals surface area contributed by atoms with Gasteiger partial charge < -0.3 is 10.6 Å². The van der Waals surface area contributed by atoms with Crippen molar-refractivity contribution >= 4 is 0 Å². The summed E-state index contributed by atoms with van der Waals surface area (Å²) in [6.45, 7) is 0. The molecular weight excluding hydrogens is 82.0 g/mol. The topological polar surface area (TPSA) is 44.5 Å². The van der Waals surface area contributed by atoms with Gasteiger partial charge in [0.25, 0.3) is 0 Å². The van der Waals surface area contributed by atoms with Crippen molar-refractivity contribution < 1.29 is 9.78 Å². The highest BCUT2D eigenvalue weighted by atomic mass is 17.2. The van der Waals surface area contributed by atoms with Crippen LogP contribution >= 0.6 is 0 Å². The van der Waals surface area contributed by atoms with Crippen LogP contribution in [0, 0.1) is 0 Å². The van der Waals surface area contributed by atoms with Crippen molar-refractivity contribution in [2.24, 2.45) is 5.73 Å². The molecule has 0 aromatic rings. The predicted molar refractivity (Wildman–Crippen MR) is 21.4 cm³/mol. The third kappa shape index (κ3) is 3.30. The van der Waals surface area contributed by atoms with Crippen LogP contribution in [0.4, 0.5) is 0 Å². The van der Waals surface area contributed by atoms with Gasteiger partial charge in [-0.05, 0) is 0 Å². The molecule has 0 fully saturated rings. The second-order valence-corrected chi connectivity index (χ2v) is 0.591.